The summed E-state index contributed by atoms with van der Waals surface area (Å²) in [4.78, 5) is 10.8. The first kappa shape index (κ1) is 29.1. The van der Waals surface area contributed by atoms with E-state index in [1.165, 1.54) is 26.6 Å². The van der Waals surface area contributed by atoms with Crippen LogP contribution in [0.25, 0.3) is 109 Å². The average Bonchev–Trinajstić information content (AvgIpc) is 3.79. The summed E-state index contributed by atoms with van der Waals surface area (Å²) in [5.41, 5.74) is 10.4. The third-order valence-electron chi connectivity index (χ3n) is 10.3. The topological polar surface area (TPSA) is 38.9 Å². The molecule has 0 fully saturated rings. The van der Waals surface area contributed by atoms with E-state index >= 15 is 0 Å². The fourth-order valence-electron chi connectivity index (χ4n) is 7.79. The third kappa shape index (κ3) is 4.51. The first-order valence-corrected chi connectivity index (χ1v) is 18.3. The molecule has 0 amide bonds. The molecular formula is C48H28N2OS. The van der Waals surface area contributed by atoms with Crippen LogP contribution in [0, 0.1) is 0 Å². The van der Waals surface area contributed by atoms with Crippen molar-refractivity contribution in [1.82, 2.24) is 9.97 Å². The standard InChI is InChI=1S/C48H28N2OS/c1-2-12-31(13-3-1)35-18-10-19-41-43(35)40-28-39(36-15-6-7-16-37(36)46(40)51-41)48-49-44(47-45(50-48)38-17-8-9-20-42(38)52-47)32-24-21-30(22-25-32)34-26-23-29-11-4-5-14-33(29)27-34/h1-28H. The van der Waals surface area contributed by atoms with Crippen LogP contribution in [-0.2, 0) is 0 Å². The molecule has 8 aromatic carbocycles. The van der Waals surface area contributed by atoms with Crippen LogP contribution in [-0.4, -0.2) is 9.97 Å². The van der Waals surface area contributed by atoms with E-state index in [1.807, 2.05) is 0 Å². The molecule has 4 heteroatoms. The first-order chi connectivity index (χ1) is 25.8. The minimum Gasteiger partial charge on any atom is -0.455 e. The van der Waals surface area contributed by atoms with Gasteiger partial charge in [-0.15, -0.1) is 11.3 Å². The van der Waals surface area contributed by atoms with Crippen molar-refractivity contribution in [2.75, 3.05) is 0 Å². The lowest BCUT2D eigenvalue weighted by molar-refractivity contribution is 0.673. The van der Waals surface area contributed by atoms with Gasteiger partial charge < -0.3 is 4.42 Å². The van der Waals surface area contributed by atoms with Crippen LogP contribution in [0.1, 0.15) is 0 Å². The smallest absolute Gasteiger partial charge is 0.161 e. The number of hydrogen-bond acceptors (Lipinski definition) is 4. The number of hydrogen-bond donors (Lipinski definition) is 0. The van der Waals surface area contributed by atoms with Crippen molar-refractivity contribution in [2.24, 2.45) is 0 Å². The molecule has 0 N–H and O–H groups in total. The number of nitrogens with zero attached hydrogens (tertiary/aromatic N) is 2. The predicted octanol–water partition coefficient (Wildman–Crippen LogP) is 13.7. The molecule has 0 saturated heterocycles. The monoisotopic (exact) mass is 680 g/mol. The molecule has 0 aliphatic heterocycles. The van der Waals surface area contributed by atoms with Gasteiger partial charge in [-0.2, -0.15) is 0 Å². The van der Waals surface area contributed by atoms with E-state index in [0.717, 1.165) is 76.3 Å². The lowest BCUT2D eigenvalue weighted by Gasteiger charge is -2.11. The van der Waals surface area contributed by atoms with Crippen molar-refractivity contribution in [3.8, 4) is 44.9 Å². The van der Waals surface area contributed by atoms with Gasteiger partial charge in [0.05, 0.1) is 15.9 Å². The Bertz CT molecular complexity index is 3180. The van der Waals surface area contributed by atoms with Gasteiger partial charge in [-0.3, -0.25) is 0 Å². The van der Waals surface area contributed by atoms with E-state index in [-0.39, 0.29) is 0 Å². The zero-order valence-corrected chi connectivity index (χ0v) is 28.7. The molecule has 3 heterocycles. The molecule has 0 saturated carbocycles. The Morgan fingerprint density at radius 3 is 2.02 bits per heavy atom. The van der Waals surface area contributed by atoms with Gasteiger partial charge in [0.15, 0.2) is 5.82 Å². The van der Waals surface area contributed by atoms with Crippen molar-refractivity contribution < 1.29 is 4.42 Å². The van der Waals surface area contributed by atoms with Gasteiger partial charge in [-0.1, -0.05) is 146 Å². The molecule has 242 valence electrons. The molecule has 0 aliphatic carbocycles. The molecule has 3 nitrogen and oxygen atoms in total. The summed E-state index contributed by atoms with van der Waals surface area (Å²) in [6, 6.07) is 60.1. The SMILES string of the molecule is c1ccc(-c2cccc3oc4c5ccccc5c(-c5nc(-c6ccc(-c7ccc8ccccc8c7)cc6)c6sc7ccccc7c6n5)cc4c23)cc1. The number of fused-ring (bicyclic) bond motifs is 9. The average molecular weight is 681 g/mol. The van der Waals surface area contributed by atoms with Gasteiger partial charge in [-0.25, -0.2) is 9.97 Å². The Balaban J connectivity index is 1.16. The number of rotatable bonds is 4. The lowest BCUT2D eigenvalue weighted by atomic mass is 9.95. The zero-order valence-electron chi connectivity index (χ0n) is 27.9. The summed E-state index contributed by atoms with van der Waals surface area (Å²) in [7, 11) is 0. The van der Waals surface area contributed by atoms with Gasteiger partial charge >= 0.3 is 0 Å². The largest absolute Gasteiger partial charge is 0.455 e. The fraction of sp³-hybridized carbons (Fsp3) is 0. The van der Waals surface area contributed by atoms with Crippen LogP contribution in [0.4, 0.5) is 0 Å². The van der Waals surface area contributed by atoms with Crippen LogP contribution in [0.5, 0.6) is 0 Å². The second kappa shape index (κ2) is 11.5. The Labute approximate surface area is 303 Å². The first-order valence-electron chi connectivity index (χ1n) is 17.5. The molecule has 0 spiro atoms. The minimum atomic E-state index is 0.703. The summed E-state index contributed by atoms with van der Waals surface area (Å²) in [5, 5.41) is 7.89. The highest BCUT2D eigenvalue weighted by Gasteiger charge is 2.21. The van der Waals surface area contributed by atoms with Gasteiger partial charge in [0.2, 0.25) is 0 Å². The van der Waals surface area contributed by atoms with Crippen LogP contribution in [0.3, 0.4) is 0 Å². The van der Waals surface area contributed by atoms with Crippen LogP contribution in [0.2, 0.25) is 0 Å². The maximum Gasteiger partial charge on any atom is 0.161 e. The minimum absolute atomic E-state index is 0.703. The van der Waals surface area contributed by atoms with Crippen molar-refractivity contribution in [3.63, 3.8) is 0 Å². The molecule has 3 aromatic heterocycles. The molecule has 52 heavy (non-hydrogen) atoms. The normalized spacial score (nSPS) is 11.8. The quantitative estimate of drug-likeness (QED) is 0.186. The number of aromatic nitrogens is 2. The summed E-state index contributed by atoms with van der Waals surface area (Å²) < 4.78 is 8.95. The zero-order chi connectivity index (χ0) is 34.2. The van der Waals surface area contributed by atoms with Crippen molar-refractivity contribution in [3.05, 3.63) is 170 Å². The van der Waals surface area contributed by atoms with Crippen molar-refractivity contribution >= 4 is 75.1 Å². The Kier molecular flexibility index (Phi) is 6.42. The molecule has 0 aliphatic rings. The molecule has 11 aromatic rings. The molecule has 11 rings (SSSR count). The van der Waals surface area contributed by atoms with Gasteiger partial charge in [-0.05, 0) is 62.7 Å². The number of furan rings is 1. The van der Waals surface area contributed by atoms with Crippen molar-refractivity contribution in [1.29, 1.82) is 0 Å². The van der Waals surface area contributed by atoms with Crippen LogP contribution in [0.15, 0.2) is 174 Å². The van der Waals surface area contributed by atoms with Crippen LogP contribution >= 0.6 is 11.3 Å². The summed E-state index contributed by atoms with van der Waals surface area (Å²) in [5.74, 6) is 0.703. The molecule has 0 atom stereocenters. The highest BCUT2D eigenvalue weighted by atomic mass is 32.1. The Hall–Kier alpha value is -6.62. The summed E-state index contributed by atoms with van der Waals surface area (Å²) in [6.45, 7) is 0. The summed E-state index contributed by atoms with van der Waals surface area (Å²) >= 11 is 1.76. The molecule has 0 radical (unpaired) electrons. The highest BCUT2D eigenvalue weighted by molar-refractivity contribution is 7.26. The van der Waals surface area contributed by atoms with Gasteiger partial charge in [0.25, 0.3) is 0 Å². The van der Waals surface area contributed by atoms with E-state index in [0.29, 0.717) is 5.82 Å². The summed E-state index contributed by atoms with van der Waals surface area (Å²) in [6.07, 6.45) is 0. The van der Waals surface area contributed by atoms with Gasteiger partial charge in [0, 0.05) is 37.4 Å². The molecule has 0 bridgehead atoms. The Morgan fingerprint density at radius 2 is 1.15 bits per heavy atom. The highest BCUT2D eigenvalue weighted by Crippen LogP contribution is 2.45. The maximum absolute atomic E-state index is 6.66. The third-order valence-corrected chi connectivity index (χ3v) is 11.5. The lowest BCUT2D eigenvalue weighted by Crippen LogP contribution is -1.95. The van der Waals surface area contributed by atoms with Gasteiger partial charge in [0.1, 0.15) is 11.2 Å². The van der Waals surface area contributed by atoms with E-state index in [4.69, 9.17) is 14.4 Å². The fourth-order valence-corrected chi connectivity index (χ4v) is 8.94. The van der Waals surface area contributed by atoms with E-state index in [2.05, 4.69) is 170 Å². The van der Waals surface area contributed by atoms with E-state index < -0.39 is 0 Å². The second-order valence-electron chi connectivity index (χ2n) is 13.3. The molecular weight excluding hydrogens is 653 g/mol. The molecule has 0 unspecified atom stereocenters. The predicted molar refractivity (Wildman–Crippen MR) is 219 cm³/mol. The van der Waals surface area contributed by atoms with E-state index in [9.17, 15) is 0 Å². The maximum atomic E-state index is 6.66. The van der Waals surface area contributed by atoms with Crippen LogP contribution < -0.4 is 0 Å². The number of benzene rings is 8. The Morgan fingerprint density at radius 1 is 0.442 bits per heavy atom. The van der Waals surface area contributed by atoms with E-state index in [1.54, 1.807) is 11.3 Å². The second-order valence-corrected chi connectivity index (χ2v) is 14.4. The van der Waals surface area contributed by atoms with Crippen molar-refractivity contribution in [2.45, 2.75) is 0 Å². The number of thiophene rings is 1.